The lowest BCUT2D eigenvalue weighted by Gasteiger charge is -2.14. The van der Waals surface area contributed by atoms with E-state index in [0.717, 1.165) is 11.7 Å². The summed E-state index contributed by atoms with van der Waals surface area (Å²) in [6.45, 7) is 0. The van der Waals surface area contributed by atoms with Crippen LogP contribution in [0.4, 0.5) is 0 Å². The molecule has 2 N–H and O–H groups in total. The minimum atomic E-state index is 0.484. The van der Waals surface area contributed by atoms with Gasteiger partial charge in [0.1, 0.15) is 0 Å². The first kappa shape index (κ1) is 12.0. The fourth-order valence-corrected chi connectivity index (χ4v) is 3.46. The van der Waals surface area contributed by atoms with Crippen molar-refractivity contribution in [1.29, 1.82) is 0 Å². The van der Waals surface area contributed by atoms with E-state index in [2.05, 4.69) is 30.3 Å². The van der Waals surface area contributed by atoms with Crippen molar-refractivity contribution < 1.29 is 0 Å². The summed E-state index contributed by atoms with van der Waals surface area (Å²) in [6, 6.07) is 11.2. The fraction of sp³-hybridized carbons (Fsp3) is 0.571. The molecule has 0 bridgehead atoms. The zero-order chi connectivity index (χ0) is 11.2. The smallest absolute Gasteiger partial charge is 0.0184 e. The fourth-order valence-electron chi connectivity index (χ4n) is 2.42. The van der Waals surface area contributed by atoms with Crippen molar-refractivity contribution in [2.24, 2.45) is 11.7 Å². The highest BCUT2D eigenvalue weighted by Crippen LogP contribution is 2.28. The molecule has 1 aliphatic carbocycles. The second kappa shape index (κ2) is 6.31. The van der Waals surface area contributed by atoms with Crippen LogP contribution >= 0.6 is 11.8 Å². The SMILES string of the molecule is NC1CCCC1CCSCc1ccccc1. The maximum absolute atomic E-state index is 6.06. The van der Waals surface area contributed by atoms with Gasteiger partial charge in [-0.1, -0.05) is 36.8 Å². The monoisotopic (exact) mass is 235 g/mol. The Morgan fingerprint density at radius 3 is 2.69 bits per heavy atom. The normalized spacial score (nSPS) is 24.8. The van der Waals surface area contributed by atoms with E-state index in [-0.39, 0.29) is 0 Å². The lowest BCUT2D eigenvalue weighted by molar-refractivity contribution is 0.470. The van der Waals surface area contributed by atoms with Gasteiger partial charge in [0.25, 0.3) is 0 Å². The highest BCUT2D eigenvalue weighted by atomic mass is 32.2. The van der Waals surface area contributed by atoms with E-state index in [9.17, 15) is 0 Å². The number of hydrogen-bond donors (Lipinski definition) is 1. The van der Waals surface area contributed by atoms with Gasteiger partial charge in [-0.2, -0.15) is 11.8 Å². The Bertz CT molecular complexity index is 299. The van der Waals surface area contributed by atoms with Gasteiger partial charge in [-0.25, -0.2) is 0 Å². The highest BCUT2D eigenvalue weighted by Gasteiger charge is 2.22. The van der Waals surface area contributed by atoms with E-state index in [1.807, 2.05) is 11.8 Å². The van der Waals surface area contributed by atoms with Gasteiger partial charge in [0.2, 0.25) is 0 Å². The largest absolute Gasteiger partial charge is 0.327 e. The molecule has 1 nitrogen and oxygen atoms in total. The van der Waals surface area contributed by atoms with Gasteiger partial charge in [0.05, 0.1) is 0 Å². The predicted octanol–water partition coefficient (Wildman–Crippen LogP) is 3.44. The lowest BCUT2D eigenvalue weighted by Crippen LogP contribution is -2.24. The van der Waals surface area contributed by atoms with Crippen molar-refractivity contribution in [3.63, 3.8) is 0 Å². The van der Waals surface area contributed by atoms with Crippen LogP contribution in [0.25, 0.3) is 0 Å². The van der Waals surface area contributed by atoms with Crippen LogP contribution in [0.1, 0.15) is 31.2 Å². The first-order valence-corrected chi connectivity index (χ1v) is 7.39. The van der Waals surface area contributed by atoms with Crippen LogP contribution in [-0.2, 0) is 5.75 Å². The summed E-state index contributed by atoms with van der Waals surface area (Å²) in [7, 11) is 0. The van der Waals surface area contributed by atoms with Crippen molar-refractivity contribution in [2.45, 2.75) is 37.5 Å². The Labute approximate surface area is 103 Å². The molecule has 0 saturated heterocycles. The molecular weight excluding hydrogens is 214 g/mol. The van der Waals surface area contributed by atoms with E-state index in [1.54, 1.807) is 0 Å². The Hall–Kier alpha value is -0.470. The van der Waals surface area contributed by atoms with Crippen LogP contribution in [0.15, 0.2) is 30.3 Å². The number of benzene rings is 1. The summed E-state index contributed by atoms with van der Waals surface area (Å²) in [5, 5.41) is 0. The van der Waals surface area contributed by atoms with Crippen molar-refractivity contribution in [2.75, 3.05) is 5.75 Å². The van der Waals surface area contributed by atoms with E-state index in [0.29, 0.717) is 6.04 Å². The van der Waals surface area contributed by atoms with Gasteiger partial charge in [-0.3, -0.25) is 0 Å². The molecule has 2 rings (SSSR count). The molecule has 1 saturated carbocycles. The first-order valence-electron chi connectivity index (χ1n) is 6.23. The Kier molecular flexibility index (Phi) is 4.73. The van der Waals surface area contributed by atoms with Crippen molar-refractivity contribution in [3.05, 3.63) is 35.9 Å². The second-order valence-corrected chi connectivity index (χ2v) is 5.79. The maximum atomic E-state index is 6.06. The standard InChI is InChI=1S/C14H21NS/c15-14-8-4-7-13(14)9-10-16-11-12-5-2-1-3-6-12/h1-3,5-6,13-14H,4,7-11,15H2. The van der Waals surface area contributed by atoms with Crippen molar-refractivity contribution >= 4 is 11.8 Å². The molecule has 1 aromatic rings. The summed E-state index contributed by atoms with van der Waals surface area (Å²) in [4.78, 5) is 0. The summed E-state index contributed by atoms with van der Waals surface area (Å²) in [5.41, 5.74) is 7.50. The van der Waals surface area contributed by atoms with Gasteiger partial charge in [0.15, 0.2) is 0 Å². The second-order valence-electron chi connectivity index (χ2n) is 4.68. The highest BCUT2D eigenvalue weighted by molar-refractivity contribution is 7.98. The zero-order valence-electron chi connectivity index (χ0n) is 9.77. The molecule has 1 aromatic carbocycles. The van der Waals surface area contributed by atoms with Crippen LogP contribution in [0.3, 0.4) is 0 Å². The molecule has 16 heavy (non-hydrogen) atoms. The molecule has 2 unspecified atom stereocenters. The van der Waals surface area contributed by atoms with Crippen LogP contribution in [0, 0.1) is 5.92 Å². The molecular formula is C14H21NS. The van der Waals surface area contributed by atoms with Crippen molar-refractivity contribution in [3.8, 4) is 0 Å². The molecule has 88 valence electrons. The third kappa shape index (κ3) is 3.53. The predicted molar refractivity (Wildman–Crippen MR) is 72.5 cm³/mol. The Balaban J connectivity index is 1.62. The average Bonchev–Trinajstić information content (AvgIpc) is 2.72. The molecule has 2 atom stereocenters. The van der Waals surface area contributed by atoms with Crippen molar-refractivity contribution in [1.82, 2.24) is 0 Å². The first-order chi connectivity index (χ1) is 7.86. The quantitative estimate of drug-likeness (QED) is 0.791. The lowest BCUT2D eigenvalue weighted by atomic mass is 10.0. The minimum Gasteiger partial charge on any atom is -0.327 e. The topological polar surface area (TPSA) is 26.0 Å². The molecule has 2 heteroatoms. The van der Waals surface area contributed by atoms with Gasteiger partial charge in [0, 0.05) is 11.8 Å². The zero-order valence-corrected chi connectivity index (χ0v) is 10.6. The number of nitrogens with two attached hydrogens (primary N) is 1. The van der Waals surface area contributed by atoms with Gasteiger partial charge in [-0.05, 0) is 36.5 Å². The van der Waals surface area contributed by atoms with Gasteiger partial charge < -0.3 is 5.73 Å². The van der Waals surface area contributed by atoms with Crippen LogP contribution in [0.5, 0.6) is 0 Å². The van der Waals surface area contributed by atoms with Crippen LogP contribution in [0.2, 0.25) is 0 Å². The number of thioether (sulfide) groups is 1. The molecule has 0 radical (unpaired) electrons. The third-order valence-electron chi connectivity index (χ3n) is 3.46. The molecule has 0 aliphatic heterocycles. The van der Waals surface area contributed by atoms with Gasteiger partial charge in [-0.15, -0.1) is 0 Å². The van der Waals surface area contributed by atoms with Crippen LogP contribution in [-0.4, -0.2) is 11.8 Å². The number of hydrogen-bond acceptors (Lipinski definition) is 2. The third-order valence-corrected chi connectivity index (χ3v) is 4.52. The molecule has 1 fully saturated rings. The molecule has 0 spiro atoms. The Morgan fingerprint density at radius 2 is 2.00 bits per heavy atom. The summed E-state index contributed by atoms with van der Waals surface area (Å²) >= 11 is 2.04. The summed E-state index contributed by atoms with van der Waals surface area (Å²) < 4.78 is 0. The summed E-state index contributed by atoms with van der Waals surface area (Å²) in [5.74, 6) is 3.19. The number of rotatable bonds is 5. The van der Waals surface area contributed by atoms with E-state index in [1.165, 1.54) is 37.0 Å². The molecule has 0 aromatic heterocycles. The molecule has 1 aliphatic rings. The minimum absolute atomic E-state index is 0.484. The molecule has 0 heterocycles. The van der Waals surface area contributed by atoms with Crippen LogP contribution < -0.4 is 5.73 Å². The van der Waals surface area contributed by atoms with E-state index < -0.39 is 0 Å². The molecule has 0 amide bonds. The van der Waals surface area contributed by atoms with Gasteiger partial charge >= 0.3 is 0 Å². The maximum Gasteiger partial charge on any atom is 0.0184 e. The van der Waals surface area contributed by atoms with E-state index >= 15 is 0 Å². The Morgan fingerprint density at radius 1 is 1.19 bits per heavy atom. The summed E-state index contributed by atoms with van der Waals surface area (Å²) in [6.07, 6.45) is 5.24. The van der Waals surface area contributed by atoms with E-state index in [4.69, 9.17) is 5.73 Å². The average molecular weight is 235 g/mol.